The van der Waals surface area contributed by atoms with Crippen molar-refractivity contribution >= 4 is 23.4 Å². The molecular formula is C20H22ClN3O2. The number of fused-ring (bicyclic) bond motifs is 1. The third kappa shape index (κ3) is 3.89. The van der Waals surface area contributed by atoms with Crippen LogP contribution in [0.5, 0.6) is 0 Å². The number of nitrogens with two attached hydrogens (primary N) is 1. The third-order valence-electron chi connectivity index (χ3n) is 4.60. The number of nitrogens with zero attached hydrogens (tertiary/aromatic N) is 1. The number of rotatable bonds is 5. The van der Waals surface area contributed by atoms with Crippen molar-refractivity contribution < 1.29 is 9.59 Å². The molecule has 2 aromatic rings. The Labute approximate surface area is 158 Å². The van der Waals surface area contributed by atoms with E-state index in [2.05, 4.69) is 5.32 Å². The molecule has 0 radical (unpaired) electrons. The first-order valence-electron chi connectivity index (χ1n) is 8.72. The van der Waals surface area contributed by atoms with Crippen molar-refractivity contribution in [3.63, 3.8) is 0 Å². The zero-order valence-electron chi connectivity index (χ0n) is 14.5. The molecule has 136 valence electrons. The van der Waals surface area contributed by atoms with Crippen LogP contribution in [0.3, 0.4) is 0 Å². The van der Waals surface area contributed by atoms with Gasteiger partial charge in [0.15, 0.2) is 0 Å². The molecule has 3 rings (SSSR count). The van der Waals surface area contributed by atoms with Gasteiger partial charge in [-0.1, -0.05) is 48.0 Å². The SMILES string of the molecule is NCCCNC(=O)C1Cc2ccccc2CN1C(=O)c1ccccc1Cl. The first kappa shape index (κ1) is 18.4. The summed E-state index contributed by atoms with van der Waals surface area (Å²) in [6.07, 6.45) is 1.19. The van der Waals surface area contributed by atoms with Crippen LogP contribution in [0, 0.1) is 0 Å². The number of nitrogens with one attached hydrogen (secondary N) is 1. The average molecular weight is 372 g/mol. The topological polar surface area (TPSA) is 75.4 Å². The highest BCUT2D eigenvalue weighted by molar-refractivity contribution is 6.33. The molecule has 1 unspecified atom stereocenters. The molecule has 0 bridgehead atoms. The van der Waals surface area contributed by atoms with Crippen molar-refractivity contribution in [1.82, 2.24) is 10.2 Å². The van der Waals surface area contributed by atoms with Crippen LogP contribution >= 0.6 is 11.6 Å². The van der Waals surface area contributed by atoms with Crippen LogP contribution in [0.25, 0.3) is 0 Å². The van der Waals surface area contributed by atoms with Gasteiger partial charge in [0, 0.05) is 19.5 Å². The van der Waals surface area contributed by atoms with E-state index in [0.29, 0.717) is 43.1 Å². The summed E-state index contributed by atoms with van der Waals surface area (Å²) >= 11 is 6.21. The number of benzene rings is 2. The lowest BCUT2D eigenvalue weighted by Crippen LogP contribution is -2.52. The Morgan fingerprint density at radius 3 is 2.54 bits per heavy atom. The fourth-order valence-corrected chi connectivity index (χ4v) is 3.41. The highest BCUT2D eigenvalue weighted by atomic mass is 35.5. The van der Waals surface area contributed by atoms with Crippen molar-refractivity contribution in [3.8, 4) is 0 Å². The highest BCUT2D eigenvalue weighted by Gasteiger charge is 2.35. The number of amides is 2. The predicted octanol–water partition coefficient (Wildman–Crippen LogP) is 2.37. The van der Waals surface area contributed by atoms with Gasteiger partial charge in [0.2, 0.25) is 5.91 Å². The molecule has 1 heterocycles. The summed E-state index contributed by atoms with van der Waals surface area (Å²) in [6, 6.07) is 14.3. The average Bonchev–Trinajstić information content (AvgIpc) is 2.67. The minimum Gasteiger partial charge on any atom is -0.354 e. The summed E-state index contributed by atoms with van der Waals surface area (Å²) in [6.45, 7) is 1.40. The van der Waals surface area contributed by atoms with Gasteiger partial charge in [-0.25, -0.2) is 0 Å². The lowest BCUT2D eigenvalue weighted by Gasteiger charge is -2.36. The molecular weight excluding hydrogens is 350 g/mol. The summed E-state index contributed by atoms with van der Waals surface area (Å²) in [7, 11) is 0. The second-order valence-corrected chi connectivity index (χ2v) is 6.74. The Hall–Kier alpha value is -2.37. The fourth-order valence-electron chi connectivity index (χ4n) is 3.19. The van der Waals surface area contributed by atoms with Crippen LogP contribution in [0.15, 0.2) is 48.5 Å². The van der Waals surface area contributed by atoms with Crippen LogP contribution in [0.4, 0.5) is 0 Å². The Morgan fingerprint density at radius 1 is 1.12 bits per heavy atom. The molecule has 1 aliphatic heterocycles. The summed E-state index contributed by atoms with van der Waals surface area (Å²) in [4.78, 5) is 27.5. The molecule has 0 aliphatic carbocycles. The van der Waals surface area contributed by atoms with Gasteiger partial charge < -0.3 is 16.0 Å². The molecule has 1 aliphatic rings. The first-order chi connectivity index (χ1) is 12.6. The largest absolute Gasteiger partial charge is 0.354 e. The number of carbonyl (C=O) groups is 2. The van der Waals surface area contributed by atoms with Crippen LogP contribution < -0.4 is 11.1 Å². The quantitative estimate of drug-likeness (QED) is 0.792. The monoisotopic (exact) mass is 371 g/mol. The van der Waals surface area contributed by atoms with Crippen molar-refractivity contribution in [2.75, 3.05) is 13.1 Å². The van der Waals surface area contributed by atoms with Gasteiger partial charge in [0.1, 0.15) is 6.04 Å². The summed E-state index contributed by atoms with van der Waals surface area (Å²) in [5, 5.41) is 3.28. The minimum atomic E-state index is -0.563. The lowest BCUT2D eigenvalue weighted by atomic mass is 9.92. The molecule has 0 aromatic heterocycles. The van der Waals surface area contributed by atoms with Gasteiger partial charge in [-0.3, -0.25) is 9.59 Å². The predicted molar refractivity (Wildman–Crippen MR) is 102 cm³/mol. The number of halogens is 1. The molecule has 2 aromatic carbocycles. The van der Waals surface area contributed by atoms with E-state index in [1.807, 2.05) is 24.3 Å². The van der Waals surface area contributed by atoms with Crippen molar-refractivity contribution in [2.45, 2.75) is 25.4 Å². The van der Waals surface area contributed by atoms with Gasteiger partial charge >= 0.3 is 0 Å². The van der Waals surface area contributed by atoms with E-state index in [-0.39, 0.29) is 11.8 Å². The number of hydrogen-bond acceptors (Lipinski definition) is 3. The Morgan fingerprint density at radius 2 is 1.81 bits per heavy atom. The maximum Gasteiger partial charge on any atom is 0.256 e. The second kappa shape index (κ2) is 8.34. The standard InChI is InChI=1S/C20H22ClN3O2/c21-17-9-4-3-8-16(17)20(26)24-13-15-7-2-1-6-14(15)12-18(24)19(25)23-11-5-10-22/h1-4,6-9,18H,5,10-13,22H2,(H,23,25). The number of carbonyl (C=O) groups excluding carboxylic acids is 2. The molecule has 0 saturated carbocycles. The molecule has 0 fully saturated rings. The molecule has 6 heteroatoms. The van der Waals surface area contributed by atoms with Crippen LogP contribution in [0.2, 0.25) is 5.02 Å². The van der Waals surface area contributed by atoms with Crippen molar-refractivity contribution in [1.29, 1.82) is 0 Å². The zero-order valence-corrected chi connectivity index (χ0v) is 15.2. The molecule has 5 nitrogen and oxygen atoms in total. The van der Waals surface area contributed by atoms with Crippen LogP contribution in [0.1, 0.15) is 27.9 Å². The molecule has 1 atom stereocenters. The van der Waals surface area contributed by atoms with Crippen molar-refractivity contribution in [2.24, 2.45) is 5.73 Å². The van der Waals surface area contributed by atoms with Gasteiger partial charge in [0.25, 0.3) is 5.91 Å². The molecule has 26 heavy (non-hydrogen) atoms. The first-order valence-corrected chi connectivity index (χ1v) is 9.09. The molecule has 0 spiro atoms. The fraction of sp³-hybridized carbons (Fsp3) is 0.300. The smallest absolute Gasteiger partial charge is 0.256 e. The van der Waals surface area contributed by atoms with Crippen molar-refractivity contribution in [3.05, 3.63) is 70.2 Å². The minimum absolute atomic E-state index is 0.159. The Balaban J connectivity index is 1.90. The summed E-state index contributed by atoms with van der Waals surface area (Å²) in [5.74, 6) is -0.391. The number of hydrogen-bond donors (Lipinski definition) is 2. The van der Waals surface area contributed by atoms with E-state index in [4.69, 9.17) is 17.3 Å². The van der Waals surface area contributed by atoms with E-state index in [1.54, 1.807) is 29.2 Å². The second-order valence-electron chi connectivity index (χ2n) is 6.33. The van der Waals surface area contributed by atoms with Gasteiger partial charge in [-0.15, -0.1) is 0 Å². The maximum atomic E-state index is 13.1. The third-order valence-corrected chi connectivity index (χ3v) is 4.93. The van der Waals surface area contributed by atoms with Crippen LogP contribution in [-0.4, -0.2) is 35.8 Å². The Bertz CT molecular complexity index is 809. The van der Waals surface area contributed by atoms with Crippen LogP contribution in [-0.2, 0) is 17.8 Å². The summed E-state index contributed by atoms with van der Waals surface area (Å²) < 4.78 is 0. The molecule has 3 N–H and O–H groups in total. The normalized spacial score (nSPS) is 16.1. The van der Waals surface area contributed by atoms with E-state index in [9.17, 15) is 9.59 Å². The van der Waals surface area contributed by atoms with E-state index in [1.165, 1.54) is 0 Å². The maximum absolute atomic E-state index is 13.1. The van der Waals surface area contributed by atoms with Gasteiger partial charge in [-0.2, -0.15) is 0 Å². The zero-order chi connectivity index (χ0) is 18.5. The Kier molecular flexibility index (Phi) is 5.91. The van der Waals surface area contributed by atoms with E-state index < -0.39 is 6.04 Å². The van der Waals surface area contributed by atoms with Gasteiger partial charge in [0.05, 0.1) is 10.6 Å². The van der Waals surface area contributed by atoms with E-state index in [0.717, 1.165) is 11.1 Å². The molecule has 2 amide bonds. The lowest BCUT2D eigenvalue weighted by molar-refractivity contribution is -0.126. The highest BCUT2D eigenvalue weighted by Crippen LogP contribution is 2.27. The van der Waals surface area contributed by atoms with Gasteiger partial charge in [-0.05, 0) is 36.2 Å². The van der Waals surface area contributed by atoms with E-state index >= 15 is 0 Å². The summed E-state index contributed by atoms with van der Waals surface area (Å²) in [5.41, 5.74) is 8.05. The molecule has 0 saturated heterocycles.